The second kappa shape index (κ2) is 6.92. The number of rotatable bonds is 4. The number of anilines is 1. The fourth-order valence-corrected chi connectivity index (χ4v) is 3.61. The van der Waals surface area contributed by atoms with Gasteiger partial charge in [0.25, 0.3) is 0 Å². The Labute approximate surface area is 156 Å². The van der Waals surface area contributed by atoms with E-state index in [1.54, 1.807) is 6.07 Å². The zero-order valence-corrected chi connectivity index (χ0v) is 15.1. The number of carbonyl (C=O) groups excluding carboxylic acids is 1. The third kappa shape index (κ3) is 3.10. The van der Waals surface area contributed by atoms with E-state index in [1.807, 2.05) is 41.3 Å². The molecule has 1 aromatic heterocycles. The van der Waals surface area contributed by atoms with Gasteiger partial charge in [-0.25, -0.2) is 0 Å². The first-order chi connectivity index (χ1) is 12.6. The van der Waals surface area contributed by atoms with Crippen LogP contribution < -0.4 is 4.90 Å². The van der Waals surface area contributed by atoms with Crippen molar-refractivity contribution in [2.24, 2.45) is 0 Å². The van der Waals surface area contributed by atoms with E-state index in [4.69, 9.17) is 16.1 Å². The van der Waals surface area contributed by atoms with E-state index in [9.17, 15) is 4.79 Å². The van der Waals surface area contributed by atoms with Crippen LogP contribution in [0.3, 0.4) is 0 Å². The molecule has 1 atom stereocenters. The van der Waals surface area contributed by atoms with Crippen molar-refractivity contribution < 1.29 is 9.32 Å². The van der Waals surface area contributed by atoms with Crippen LogP contribution in [0.25, 0.3) is 11.4 Å². The minimum Gasteiger partial charge on any atom is -0.339 e. The van der Waals surface area contributed by atoms with Gasteiger partial charge in [-0.2, -0.15) is 4.98 Å². The molecule has 132 valence electrons. The van der Waals surface area contributed by atoms with E-state index in [-0.39, 0.29) is 11.9 Å². The van der Waals surface area contributed by atoms with Crippen molar-refractivity contribution in [2.75, 3.05) is 4.90 Å². The van der Waals surface area contributed by atoms with Crippen molar-refractivity contribution in [3.8, 4) is 11.4 Å². The van der Waals surface area contributed by atoms with Crippen molar-refractivity contribution in [1.82, 2.24) is 10.1 Å². The number of fused-ring (bicyclic) bond motifs is 1. The van der Waals surface area contributed by atoms with E-state index < -0.39 is 0 Å². The summed E-state index contributed by atoms with van der Waals surface area (Å²) in [5, 5.41) is 4.55. The van der Waals surface area contributed by atoms with Gasteiger partial charge in [-0.3, -0.25) is 4.79 Å². The predicted molar refractivity (Wildman–Crippen MR) is 100 cm³/mol. The molecule has 26 heavy (non-hydrogen) atoms. The number of para-hydroxylation sites is 1. The maximum absolute atomic E-state index is 12.7. The number of hydrogen-bond acceptors (Lipinski definition) is 4. The first-order valence-corrected chi connectivity index (χ1v) is 8.98. The second-order valence-corrected chi connectivity index (χ2v) is 6.84. The minimum absolute atomic E-state index is 0.0694. The summed E-state index contributed by atoms with van der Waals surface area (Å²) in [7, 11) is 0. The van der Waals surface area contributed by atoms with Crippen LogP contribution in [0.2, 0.25) is 5.02 Å². The standard InChI is InChI=1S/C20H18ClN3O2/c1-13-12-14-6-2-5-9-17(14)24(13)19(25)11-10-18-22-20(23-26-18)15-7-3-4-8-16(15)21/h2-9,13H,10-12H2,1H3/t13-/m1/s1. The van der Waals surface area contributed by atoms with Gasteiger partial charge in [0.15, 0.2) is 0 Å². The third-order valence-electron chi connectivity index (χ3n) is 4.61. The van der Waals surface area contributed by atoms with Crippen molar-refractivity contribution in [3.05, 3.63) is 65.0 Å². The molecule has 0 radical (unpaired) electrons. The highest BCUT2D eigenvalue weighted by Crippen LogP contribution is 2.32. The number of amides is 1. The van der Waals surface area contributed by atoms with Crippen LogP contribution in [-0.2, 0) is 17.6 Å². The normalized spacial score (nSPS) is 15.9. The number of nitrogens with zero attached hydrogens (tertiary/aromatic N) is 3. The molecule has 0 N–H and O–H groups in total. The number of benzene rings is 2. The van der Waals surface area contributed by atoms with Crippen LogP contribution in [0.15, 0.2) is 53.1 Å². The SMILES string of the molecule is C[C@@H]1Cc2ccccc2N1C(=O)CCc1nc(-c2ccccc2Cl)no1. The molecule has 2 aromatic carbocycles. The molecule has 0 saturated carbocycles. The smallest absolute Gasteiger partial charge is 0.227 e. The van der Waals surface area contributed by atoms with E-state index in [1.165, 1.54) is 5.56 Å². The molecule has 2 heterocycles. The number of aromatic nitrogens is 2. The van der Waals surface area contributed by atoms with Crippen LogP contribution in [0.5, 0.6) is 0 Å². The van der Waals surface area contributed by atoms with Crippen LogP contribution in [0.1, 0.15) is 24.8 Å². The highest BCUT2D eigenvalue weighted by Gasteiger charge is 2.30. The first-order valence-electron chi connectivity index (χ1n) is 8.61. The zero-order valence-electron chi connectivity index (χ0n) is 14.4. The zero-order chi connectivity index (χ0) is 18.1. The Morgan fingerprint density at radius 1 is 1.23 bits per heavy atom. The summed E-state index contributed by atoms with van der Waals surface area (Å²) in [4.78, 5) is 19.0. The van der Waals surface area contributed by atoms with E-state index >= 15 is 0 Å². The summed E-state index contributed by atoms with van der Waals surface area (Å²) in [6.45, 7) is 2.07. The van der Waals surface area contributed by atoms with Crippen LogP contribution in [0.4, 0.5) is 5.69 Å². The van der Waals surface area contributed by atoms with Crippen molar-refractivity contribution in [2.45, 2.75) is 32.2 Å². The van der Waals surface area contributed by atoms with E-state index in [2.05, 4.69) is 23.1 Å². The predicted octanol–water partition coefficient (Wildman–Crippen LogP) is 4.30. The molecule has 5 nitrogen and oxygen atoms in total. The summed E-state index contributed by atoms with van der Waals surface area (Å²) in [6.07, 6.45) is 1.61. The molecule has 1 aliphatic rings. The molecule has 0 fully saturated rings. The molecule has 0 bridgehead atoms. The fraction of sp³-hybridized carbons (Fsp3) is 0.250. The number of carbonyl (C=O) groups is 1. The summed E-state index contributed by atoms with van der Waals surface area (Å²) in [5.74, 6) is 0.950. The van der Waals surface area contributed by atoms with Crippen LogP contribution in [-0.4, -0.2) is 22.1 Å². The Morgan fingerprint density at radius 3 is 2.85 bits per heavy atom. The topological polar surface area (TPSA) is 59.2 Å². The average molecular weight is 368 g/mol. The van der Waals surface area contributed by atoms with Gasteiger partial charge >= 0.3 is 0 Å². The highest BCUT2D eigenvalue weighted by molar-refractivity contribution is 6.33. The van der Waals surface area contributed by atoms with Crippen molar-refractivity contribution >= 4 is 23.2 Å². The average Bonchev–Trinajstić information content (AvgIpc) is 3.23. The van der Waals surface area contributed by atoms with Crippen LogP contribution in [0, 0.1) is 0 Å². The summed E-state index contributed by atoms with van der Waals surface area (Å²) in [5.41, 5.74) is 2.94. The van der Waals surface area contributed by atoms with Gasteiger partial charge in [-0.1, -0.05) is 47.1 Å². The van der Waals surface area contributed by atoms with Crippen molar-refractivity contribution in [3.63, 3.8) is 0 Å². The second-order valence-electron chi connectivity index (χ2n) is 6.44. The molecule has 0 spiro atoms. The fourth-order valence-electron chi connectivity index (χ4n) is 3.39. The highest BCUT2D eigenvalue weighted by atomic mass is 35.5. The Kier molecular flexibility index (Phi) is 4.47. The maximum Gasteiger partial charge on any atom is 0.227 e. The lowest BCUT2D eigenvalue weighted by Crippen LogP contribution is -2.35. The quantitative estimate of drug-likeness (QED) is 0.689. The lowest BCUT2D eigenvalue weighted by Gasteiger charge is -2.22. The molecule has 1 amide bonds. The summed E-state index contributed by atoms with van der Waals surface area (Å²) >= 11 is 6.16. The van der Waals surface area contributed by atoms with E-state index in [0.717, 1.165) is 17.7 Å². The molecule has 0 saturated heterocycles. The van der Waals surface area contributed by atoms with Gasteiger partial charge in [0.05, 0.1) is 5.02 Å². The van der Waals surface area contributed by atoms with Gasteiger partial charge < -0.3 is 9.42 Å². The van der Waals surface area contributed by atoms with Gasteiger partial charge in [0, 0.05) is 30.1 Å². The molecule has 0 unspecified atom stereocenters. The molecule has 1 aliphatic heterocycles. The number of aryl methyl sites for hydroxylation is 1. The Bertz CT molecular complexity index is 953. The van der Waals surface area contributed by atoms with Gasteiger partial charge in [0.1, 0.15) is 0 Å². The van der Waals surface area contributed by atoms with Gasteiger partial charge in [-0.15, -0.1) is 0 Å². The Hall–Kier alpha value is -2.66. The molecule has 4 rings (SSSR count). The minimum atomic E-state index is 0.0694. The van der Waals surface area contributed by atoms with Crippen molar-refractivity contribution in [1.29, 1.82) is 0 Å². The number of hydrogen-bond donors (Lipinski definition) is 0. The van der Waals surface area contributed by atoms with Crippen LogP contribution >= 0.6 is 11.6 Å². The van der Waals surface area contributed by atoms with Gasteiger partial charge in [0.2, 0.25) is 17.6 Å². The molecular weight excluding hydrogens is 350 g/mol. The summed E-state index contributed by atoms with van der Waals surface area (Å²) in [6, 6.07) is 15.5. The maximum atomic E-state index is 12.7. The monoisotopic (exact) mass is 367 g/mol. The summed E-state index contributed by atoms with van der Waals surface area (Å²) < 4.78 is 5.29. The van der Waals surface area contributed by atoms with E-state index in [0.29, 0.717) is 29.6 Å². The first kappa shape index (κ1) is 16.8. The third-order valence-corrected chi connectivity index (χ3v) is 4.94. The molecular formula is C20H18ClN3O2. The largest absolute Gasteiger partial charge is 0.339 e. The molecule has 0 aliphatic carbocycles. The number of halogens is 1. The van der Waals surface area contributed by atoms with Gasteiger partial charge in [-0.05, 0) is 37.1 Å². The molecule has 6 heteroatoms. The Morgan fingerprint density at radius 2 is 2.00 bits per heavy atom. The lowest BCUT2D eigenvalue weighted by atomic mass is 10.1. The molecule has 3 aromatic rings. The lowest BCUT2D eigenvalue weighted by molar-refractivity contribution is -0.118. The Balaban J connectivity index is 1.45.